The van der Waals surface area contributed by atoms with Crippen LogP contribution in [0.15, 0.2) is 12.1 Å². The summed E-state index contributed by atoms with van der Waals surface area (Å²) < 4.78 is 0. The second kappa shape index (κ2) is 9.55. The Hall–Kier alpha value is -0.340. The summed E-state index contributed by atoms with van der Waals surface area (Å²) >= 11 is 1.93. The number of hydrogen-bond acceptors (Lipinski definition) is 2. The molecule has 1 N–H and O–H groups in total. The zero-order valence-corrected chi connectivity index (χ0v) is 14.0. The molecule has 0 amide bonds. The maximum absolute atomic E-state index is 3.74. The molecule has 2 heteroatoms. The van der Waals surface area contributed by atoms with Crippen molar-refractivity contribution in [1.82, 2.24) is 5.32 Å². The Morgan fingerprint density at radius 3 is 2.42 bits per heavy atom. The molecule has 1 aromatic rings. The van der Waals surface area contributed by atoms with Crippen LogP contribution in [0.3, 0.4) is 0 Å². The molecule has 0 aliphatic rings. The van der Waals surface area contributed by atoms with E-state index in [-0.39, 0.29) is 0 Å². The van der Waals surface area contributed by atoms with Crippen molar-refractivity contribution in [1.29, 1.82) is 0 Å². The maximum atomic E-state index is 3.74. The predicted molar refractivity (Wildman–Crippen MR) is 88.2 cm³/mol. The standard InChI is InChI=1S/C17H31NS/c1-5-6-7-8-9-10-14(2)18-15(3)13-17-12-11-16(4)19-17/h11-12,14-15,18H,5-10,13H2,1-4H3. The van der Waals surface area contributed by atoms with Gasteiger partial charge in [0.15, 0.2) is 0 Å². The van der Waals surface area contributed by atoms with E-state index in [0.717, 1.165) is 0 Å². The lowest BCUT2D eigenvalue weighted by Gasteiger charge is -2.19. The summed E-state index contributed by atoms with van der Waals surface area (Å²) in [6.07, 6.45) is 9.40. The SMILES string of the molecule is CCCCCCCC(C)NC(C)Cc1ccc(C)s1. The highest BCUT2D eigenvalue weighted by molar-refractivity contribution is 7.11. The molecule has 0 saturated carbocycles. The van der Waals surface area contributed by atoms with Gasteiger partial charge >= 0.3 is 0 Å². The first-order chi connectivity index (χ1) is 9.11. The zero-order chi connectivity index (χ0) is 14.1. The molecule has 0 bridgehead atoms. The van der Waals surface area contributed by atoms with Crippen molar-refractivity contribution in [2.45, 2.75) is 84.7 Å². The normalized spacial score (nSPS) is 14.5. The van der Waals surface area contributed by atoms with Crippen molar-refractivity contribution in [3.05, 3.63) is 21.9 Å². The first-order valence-corrected chi connectivity index (χ1v) is 8.74. The summed E-state index contributed by atoms with van der Waals surface area (Å²) in [7, 11) is 0. The largest absolute Gasteiger partial charge is 0.311 e. The second-order valence-electron chi connectivity index (χ2n) is 5.89. The zero-order valence-electron chi connectivity index (χ0n) is 13.2. The third kappa shape index (κ3) is 7.74. The van der Waals surface area contributed by atoms with Crippen molar-refractivity contribution in [2.75, 3.05) is 0 Å². The molecular formula is C17H31NS. The Kier molecular flexibility index (Phi) is 8.40. The molecule has 0 radical (unpaired) electrons. The summed E-state index contributed by atoms with van der Waals surface area (Å²) in [5, 5.41) is 3.74. The molecule has 0 aromatic carbocycles. The molecule has 0 aliphatic heterocycles. The smallest absolute Gasteiger partial charge is 0.00894 e. The van der Waals surface area contributed by atoms with Crippen LogP contribution in [0.5, 0.6) is 0 Å². The first kappa shape index (κ1) is 16.7. The van der Waals surface area contributed by atoms with Crippen LogP contribution in [0.4, 0.5) is 0 Å². The van der Waals surface area contributed by atoms with Crippen molar-refractivity contribution >= 4 is 11.3 Å². The quantitative estimate of drug-likeness (QED) is 0.572. The maximum Gasteiger partial charge on any atom is 0.00894 e. The van der Waals surface area contributed by atoms with Gasteiger partial charge < -0.3 is 5.32 Å². The van der Waals surface area contributed by atoms with Crippen LogP contribution >= 0.6 is 11.3 Å². The van der Waals surface area contributed by atoms with Crippen LogP contribution in [0.1, 0.15) is 69.1 Å². The molecule has 2 atom stereocenters. The topological polar surface area (TPSA) is 12.0 Å². The molecule has 1 heterocycles. The Balaban J connectivity index is 2.11. The highest BCUT2D eigenvalue weighted by atomic mass is 32.1. The molecular weight excluding hydrogens is 250 g/mol. The van der Waals surface area contributed by atoms with Gasteiger partial charge in [0.2, 0.25) is 0 Å². The van der Waals surface area contributed by atoms with Crippen LogP contribution in [-0.4, -0.2) is 12.1 Å². The van der Waals surface area contributed by atoms with Crippen molar-refractivity contribution in [2.24, 2.45) is 0 Å². The van der Waals surface area contributed by atoms with Crippen LogP contribution in [0.2, 0.25) is 0 Å². The van der Waals surface area contributed by atoms with Gasteiger partial charge in [-0.1, -0.05) is 39.0 Å². The van der Waals surface area contributed by atoms with Crippen LogP contribution < -0.4 is 5.32 Å². The molecule has 110 valence electrons. The van der Waals surface area contributed by atoms with E-state index in [4.69, 9.17) is 0 Å². The van der Waals surface area contributed by atoms with Gasteiger partial charge in [0.1, 0.15) is 0 Å². The number of aryl methyl sites for hydroxylation is 1. The summed E-state index contributed by atoms with van der Waals surface area (Å²) in [4.78, 5) is 2.93. The van der Waals surface area contributed by atoms with E-state index in [9.17, 15) is 0 Å². The number of unbranched alkanes of at least 4 members (excludes halogenated alkanes) is 4. The van der Waals surface area contributed by atoms with Crippen LogP contribution in [0.25, 0.3) is 0 Å². The van der Waals surface area contributed by atoms with Gasteiger partial charge in [0.05, 0.1) is 0 Å². The summed E-state index contributed by atoms with van der Waals surface area (Å²) in [6.45, 7) is 9.10. The number of rotatable bonds is 10. The summed E-state index contributed by atoms with van der Waals surface area (Å²) in [6, 6.07) is 5.73. The second-order valence-corrected chi connectivity index (χ2v) is 7.26. The fraction of sp³-hybridized carbons (Fsp3) is 0.765. The van der Waals surface area contributed by atoms with Crippen molar-refractivity contribution < 1.29 is 0 Å². The minimum absolute atomic E-state index is 0.587. The van der Waals surface area contributed by atoms with E-state index >= 15 is 0 Å². The molecule has 1 aromatic heterocycles. The fourth-order valence-electron chi connectivity index (χ4n) is 2.58. The van der Waals surface area contributed by atoms with Crippen LogP contribution in [0, 0.1) is 6.92 Å². The minimum atomic E-state index is 0.587. The van der Waals surface area contributed by atoms with Crippen LogP contribution in [-0.2, 0) is 6.42 Å². The van der Waals surface area contributed by atoms with E-state index in [1.165, 1.54) is 54.7 Å². The van der Waals surface area contributed by atoms with E-state index in [1.807, 2.05) is 11.3 Å². The van der Waals surface area contributed by atoms with Gasteiger partial charge in [-0.25, -0.2) is 0 Å². The summed E-state index contributed by atoms with van der Waals surface area (Å²) in [5.74, 6) is 0. The van der Waals surface area contributed by atoms with E-state index < -0.39 is 0 Å². The van der Waals surface area contributed by atoms with Gasteiger partial charge in [-0.2, -0.15) is 0 Å². The van der Waals surface area contributed by atoms with Crippen molar-refractivity contribution in [3.8, 4) is 0 Å². The lowest BCUT2D eigenvalue weighted by Crippen LogP contribution is -2.35. The first-order valence-electron chi connectivity index (χ1n) is 7.93. The van der Waals surface area contributed by atoms with Gasteiger partial charge in [-0.15, -0.1) is 11.3 Å². The van der Waals surface area contributed by atoms with E-state index in [2.05, 4.69) is 45.1 Å². The highest BCUT2D eigenvalue weighted by Gasteiger charge is 2.09. The van der Waals surface area contributed by atoms with E-state index in [1.54, 1.807) is 0 Å². The molecule has 2 unspecified atom stereocenters. The molecule has 19 heavy (non-hydrogen) atoms. The summed E-state index contributed by atoms with van der Waals surface area (Å²) in [5.41, 5.74) is 0. The molecule has 1 nitrogen and oxygen atoms in total. The lowest BCUT2D eigenvalue weighted by molar-refractivity contribution is 0.428. The van der Waals surface area contributed by atoms with Gasteiger partial charge in [-0.05, 0) is 45.7 Å². The molecule has 0 saturated heterocycles. The molecule has 0 fully saturated rings. The lowest BCUT2D eigenvalue weighted by atomic mass is 10.1. The average Bonchev–Trinajstić information content (AvgIpc) is 2.74. The third-order valence-corrected chi connectivity index (χ3v) is 4.64. The van der Waals surface area contributed by atoms with Gasteiger partial charge in [0.25, 0.3) is 0 Å². The molecule has 1 rings (SSSR count). The Morgan fingerprint density at radius 2 is 1.79 bits per heavy atom. The average molecular weight is 282 g/mol. The Morgan fingerprint density at radius 1 is 1.05 bits per heavy atom. The minimum Gasteiger partial charge on any atom is -0.311 e. The fourth-order valence-corrected chi connectivity index (χ4v) is 3.60. The Labute approximate surface area is 123 Å². The molecule has 0 spiro atoms. The third-order valence-electron chi connectivity index (χ3n) is 3.61. The van der Waals surface area contributed by atoms with Gasteiger partial charge in [-0.3, -0.25) is 0 Å². The number of hydrogen-bond donors (Lipinski definition) is 1. The monoisotopic (exact) mass is 281 g/mol. The predicted octanol–water partition coefficient (Wildman–Crippen LogP) is 5.33. The Bertz CT molecular complexity index is 332. The van der Waals surface area contributed by atoms with E-state index in [0.29, 0.717) is 12.1 Å². The number of thiophene rings is 1. The number of nitrogens with one attached hydrogen (secondary N) is 1. The molecule has 0 aliphatic carbocycles. The van der Waals surface area contributed by atoms with Crippen molar-refractivity contribution in [3.63, 3.8) is 0 Å². The van der Waals surface area contributed by atoms with Gasteiger partial charge in [0, 0.05) is 21.8 Å². The highest BCUT2D eigenvalue weighted by Crippen LogP contribution is 2.17.